The highest BCUT2D eigenvalue weighted by Crippen LogP contribution is 2.35. The monoisotopic (exact) mass is 262 g/mol. The van der Waals surface area contributed by atoms with E-state index in [9.17, 15) is 0 Å². The van der Waals surface area contributed by atoms with Crippen LogP contribution in [0.15, 0.2) is 11.4 Å². The van der Waals surface area contributed by atoms with Gasteiger partial charge in [-0.15, -0.1) is 11.3 Å². The zero-order chi connectivity index (χ0) is 12.6. The summed E-state index contributed by atoms with van der Waals surface area (Å²) in [4.78, 5) is 10.1. The Balaban J connectivity index is 2.01. The summed E-state index contributed by atoms with van der Waals surface area (Å²) in [5.74, 6) is 1.66. The third-order valence-corrected chi connectivity index (χ3v) is 4.48. The minimum atomic E-state index is 0.189. The molecule has 4 nitrogen and oxygen atoms in total. The fraction of sp³-hybridized carbons (Fsp3) is 0.538. The summed E-state index contributed by atoms with van der Waals surface area (Å²) in [6.45, 7) is 2.29. The number of nitrogens with zero attached hydrogens (tertiary/aromatic N) is 2. The van der Waals surface area contributed by atoms with Crippen molar-refractivity contribution in [2.45, 2.75) is 38.1 Å². The minimum absolute atomic E-state index is 0.189. The van der Waals surface area contributed by atoms with Gasteiger partial charge in [-0.1, -0.05) is 12.8 Å². The normalized spacial score (nSPS) is 18.1. The average molecular weight is 262 g/mol. The molecule has 0 aliphatic heterocycles. The number of rotatable bonds is 3. The van der Waals surface area contributed by atoms with Gasteiger partial charge in [0.15, 0.2) is 0 Å². The van der Waals surface area contributed by atoms with Crippen molar-refractivity contribution >= 4 is 33.3 Å². The zero-order valence-corrected chi connectivity index (χ0v) is 11.6. The van der Waals surface area contributed by atoms with Gasteiger partial charge in [-0.05, 0) is 31.2 Å². The van der Waals surface area contributed by atoms with Crippen LogP contribution in [-0.2, 0) is 0 Å². The molecular weight excluding hydrogens is 244 g/mol. The maximum Gasteiger partial charge on any atom is 0.225 e. The molecule has 1 aliphatic carbocycles. The predicted molar refractivity (Wildman–Crippen MR) is 77.5 cm³/mol. The second kappa shape index (κ2) is 4.39. The molecule has 1 aliphatic rings. The first kappa shape index (κ1) is 11.7. The van der Waals surface area contributed by atoms with Crippen LogP contribution < -0.4 is 10.6 Å². The maximum absolute atomic E-state index is 4.57. The predicted octanol–water partition coefficient (Wildman–Crippen LogP) is 3.48. The van der Waals surface area contributed by atoms with Crippen LogP contribution in [0.4, 0.5) is 11.8 Å². The number of hydrogen-bond acceptors (Lipinski definition) is 5. The molecule has 0 spiro atoms. The first-order valence-corrected chi connectivity index (χ1v) is 7.29. The van der Waals surface area contributed by atoms with Crippen LogP contribution in [0, 0.1) is 0 Å². The van der Waals surface area contributed by atoms with Gasteiger partial charge in [0.05, 0.1) is 5.39 Å². The topological polar surface area (TPSA) is 49.8 Å². The van der Waals surface area contributed by atoms with E-state index < -0.39 is 0 Å². The lowest BCUT2D eigenvalue weighted by Crippen LogP contribution is -2.31. The van der Waals surface area contributed by atoms with Crippen molar-refractivity contribution in [3.63, 3.8) is 0 Å². The van der Waals surface area contributed by atoms with Crippen molar-refractivity contribution in [2.24, 2.45) is 0 Å². The third-order valence-electron chi connectivity index (χ3n) is 3.68. The van der Waals surface area contributed by atoms with Gasteiger partial charge in [0.1, 0.15) is 10.6 Å². The SMILES string of the molecule is CNc1nc(NC2(C)CCCC2)c2ccsc2n1. The van der Waals surface area contributed by atoms with Crippen LogP contribution in [0.1, 0.15) is 32.6 Å². The summed E-state index contributed by atoms with van der Waals surface area (Å²) in [6, 6.07) is 2.10. The molecule has 1 saturated carbocycles. The first-order chi connectivity index (χ1) is 8.70. The number of aromatic nitrogens is 2. The van der Waals surface area contributed by atoms with E-state index in [0.717, 1.165) is 16.0 Å². The molecule has 5 heteroatoms. The van der Waals surface area contributed by atoms with Crippen LogP contribution >= 0.6 is 11.3 Å². The van der Waals surface area contributed by atoms with Crippen LogP contribution in [0.3, 0.4) is 0 Å². The van der Waals surface area contributed by atoms with Gasteiger partial charge < -0.3 is 10.6 Å². The minimum Gasteiger partial charge on any atom is -0.364 e. The van der Waals surface area contributed by atoms with Crippen LogP contribution in [0.2, 0.25) is 0 Å². The molecule has 1 fully saturated rings. The maximum atomic E-state index is 4.57. The van der Waals surface area contributed by atoms with Crippen LogP contribution in [0.5, 0.6) is 0 Å². The number of thiophene rings is 1. The van der Waals surface area contributed by atoms with Crippen molar-refractivity contribution in [3.8, 4) is 0 Å². The van der Waals surface area contributed by atoms with E-state index in [2.05, 4.69) is 39.0 Å². The Morgan fingerprint density at radius 1 is 1.28 bits per heavy atom. The number of nitrogens with one attached hydrogen (secondary N) is 2. The molecule has 2 N–H and O–H groups in total. The van der Waals surface area contributed by atoms with E-state index in [1.165, 1.54) is 25.7 Å². The summed E-state index contributed by atoms with van der Waals surface area (Å²) < 4.78 is 0. The average Bonchev–Trinajstić information content (AvgIpc) is 2.97. The second-order valence-electron chi connectivity index (χ2n) is 5.18. The molecule has 2 aromatic rings. The highest BCUT2D eigenvalue weighted by atomic mass is 32.1. The molecule has 0 amide bonds. The summed E-state index contributed by atoms with van der Waals surface area (Å²) in [5.41, 5.74) is 0.189. The summed E-state index contributed by atoms with van der Waals surface area (Å²) in [5, 5.41) is 9.87. The van der Waals surface area contributed by atoms with E-state index in [4.69, 9.17) is 0 Å². The molecule has 2 aromatic heterocycles. The van der Waals surface area contributed by atoms with Gasteiger partial charge in [-0.25, -0.2) is 4.98 Å². The van der Waals surface area contributed by atoms with E-state index in [1.807, 2.05) is 7.05 Å². The van der Waals surface area contributed by atoms with E-state index in [0.29, 0.717) is 5.95 Å². The molecule has 96 valence electrons. The molecule has 2 heterocycles. The number of hydrogen-bond donors (Lipinski definition) is 2. The molecule has 18 heavy (non-hydrogen) atoms. The Morgan fingerprint density at radius 2 is 2.06 bits per heavy atom. The van der Waals surface area contributed by atoms with Gasteiger partial charge >= 0.3 is 0 Å². The lowest BCUT2D eigenvalue weighted by molar-refractivity contribution is 0.532. The molecule has 0 atom stereocenters. The molecule has 3 rings (SSSR count). The molecule has 0 radical (unpaired) electrons. The summed E-state index contributed by atoms with van der Waals surface area (Å²) in [6.07, 6.45) is 5.05. The quantitative estimate of drug-likeness (QED) is 0.889. The molecule has 0 aromatic carbocycles. The second-order valence-corrected chi connectivity index (χ2v) is 6.07. The number of anilines is 2. The molecular formula is C13H18N4S. The highest BCUT2D eigenvalue weighted by molar-refractivity contribution is 7.16. The zero-order valence-electron chi connectivity index (χ0n) is 10.8. The summed E-state index contributed by atoms with van der Waals surface area (Å²) in [7, 11) is 1.86. The van der Waals surface area contributed by atoms with Crippen LogP contribution in [-0.4, -0.2) is 22.6 Å². The standard InChI is InChI=1S/C13H18N4S/c1-13(6-3-4-7-13)17-10-9-5-8-18-11(9)16-12(14-2)15-10/h5,8H,3-4,6-7H2,1-2H3,(H2,14,15,16,17). The Bertz CT molecular complexity index is 557. The van der Waals surface area contributed by atoms with Crippen LogP contribution in [0.25, 0.3) is 10.2 Å². The van der Waals surface area contributed by atoms with Crippen molar-refractivity contribution < 1.29 is 0 Å². The van der Waals surface area contributed by atoms with E-state index in [1.54, 1.807) is 11.3 Å². The van der Waals surface area contributed by atoms with Crippen molar-refractivity contribution in [1.82, 2.24) is 9.97 Å². The Labute approximate surface area is 111 Å². The first-order valence-electron chi connectivity index (χ1n) is 6.41. The fourth-order valence-electron chi connectivity index (χ4n) is 2.63. The molecule has 0 bridgehead atoms. The fourth-order valence-corrected chi connectivity index (χ4v) is 3.39. The van der Waals surface area contributed by atoms with E-state index >= 15 is 0 Å². The number of fused-ring (bicyclic) bond motifs is 1. The third kappa shape index (κ3) is 2.03. The van der Waals surface area contributed by atoms with E-state index in [-0.39, 0.29) is 5.54 Å². The van der Waals surface area contributed by atoms with Gasteiger partial charge in [0, 0.05) is 12.6 Å². The van der Waals surface area contributed by atoms with Crippen molar-refractivity contribution in [1.29, 1.82) is 0 Å². The summed E-state index contributed by atoms with van der Waals surface area (Å²) >= 11 is 1.66. The largest absolute Gasteiger partial charge is 0.364 e. The van der Waals surface area contributed by atoms with Gasteiger partial charge in [-0.2, -0.15) is 4.98 Å². The van der Waals surface area contributed by atoms with Gasteiger partial charge in [-0.3, -0.25) is 0 Å². The molecule has 0 saturated heterocycles. The Kier molecular flexibility index (Phi) is 2.86. The lowest BCUT2D eigenvalue weighted by atomic mass is 10.0. The highest BCUT2D eigenvalue weighted by Gasteiger charge is 2.29. The Hall–Kier alpha value is -1.36. The smallest absolute Gasteiger partial charge is 0.225 e. The molecule has 0 unspecified atom stereocenters. The van der Waals surface area contributed by atoms with Crippen molar-refractivity contribution in [2.75, 3.05) is 17.7 Å². The Morgan fingerprint density at radius 3 is 2.78 bits per heavy atom. The van der Waals surface area contributed by atoms with Gasteiger partial charge in [0.2, 0.25) is 5.95 Å². The van der Waals surface area contributed by atoms with Gasteiger partial charge in [0.25, 0.3) is 0 Å². The lowest BCUT2D eigenvalue weighted by Gasteiger charge is -2.26. The van der Waals surface area contributed by atoms with Crippen molar-refractivity contribution in [3.05, 3.63) is 11.4 Å².